The summed E-state index contributed by atoms with van der Waals surface area (Å²) in [7, 11) is 3.99. The van der Waals surface area contributed by atoms with Crippen LogP contribution in [0.3, 0.4) is 0 Å². The second-order valence-electron chi connectivity index (χ2n) is 10.7. The fourth-order valence-electron chi connectivity index (χ4n) is 7.35. The Morgan fingerprint density at radius 2 is 1.63 bits per heavy atom. The van der Waals surface area contributed by atoms with Crippen LogP contribution in [0.1, 0.15) is 22.8 Å². The first-order valence-electron chi connectivity index (χ1n) is 12.5. The average molecular weight is 549 g/mol. The molecule has 0 unspecified atom stereocenters. The Morgan fingerprint density at radius 3 is 2.26 bits per heavy atom. The first-order chi connectivity index (χ1) is 18.2. The molecule has 0 radical (unpaired) electrons. The molecule has 2 aliphatic heterocycles. The summed E-state index contributed by atoms with van der Waals surface area (Å²) in [5.74, 6) is -1.08. The van der Waals surface area contributed by atoms with E-state index < -0.39 is 16.8 Å². The Morgan fingerprint density at radius 1 is 0.974 bits per heavy atom. The molecule has 1 saturated heterocycles. The summed E-state index contributed by atoms with van der Waals surface area (Å²) in [6.07, 6.45) is 0.814. The van der Waals surface area contributed by atoms with Crippen molar-refractivity contribution < 1.29 is 14.5 Å². The number of carbonyl (C=O) groups excluding carboxylic acids is 2. The van der Waals surface area contributed by atoms with Gasteiger partial charge < -0.3 is 9.88 Å². The predicted molar refractivity (Wildman–Crippen MR) is 145 cm³/mol. The van der Waals surface area contributed by atoms with Gasteiger partial charge in [0.05, 0.1) is 27.5 Å². The van der Waals surface area contributed by atoms with Crippen LogP contribution in [-0.4, -0.2) is 41.1 Å². The van der Waals surface area contributed by atoms with Crippen LogP contribution in [0.4, 0.5) is 17.1 Å². The molecule has 2 amide bonds. The number of thiazole rings is 1. The van der Waals surface area contributed by atoms with Crippen LogP contribution in [0, 0.1) is 39.7 Å². The number of thioether (sulfide) groups is 1. The summed E-state index contributed by atoms with van der Waals surface area (Å²) in [6.45, 7) is 0. The molecule has 38 heavy (non-hydrogen) atoms. The fraction of sp³-hybridized carbons (Fsp3) is 0.370. The van der Waals surface area contributed by atoms with Gasteiger partial charge in [-0.15, -0.1) is 11.8 Å². The Labute approximate surface area is 226 Å². The number of anilines is 2. The maximum absolute atomic E-state index is 13.8. The van der Waals surface area contributed by atoms with Crippen molar-refractivity contribution >= 4 is 52.0 Å². The zero-order chi connectivity index (χ0) is 26.5. The highest BCUT2D eigenvalue weighted by molar-refractivity contribution is 8.00. The number of aromatic amines is 1. The third-order valence-corrected chi connectivity index (χ3v) is 11.4. The minimum absolute atomic E-state index is 0.0193. The van der Waals surface area contributed by atoms with E-state index in [4.69, 9.17) is 0 Å². The Hall–Kier alpha value is -3.44. The quantitative estimate of drug-likeness (QED) is 0.297. The van der Waals surface area contributed by atoms with Gasteiger partial charge in [0.2, 0.25) is 11.8 Å². The molecule has 3 aromatic rings. The van der Waals surface area contributed by atoms with Crippen molar-refractivity contribution in [2.45, 2.75) is 22.6 Å². The minimum Gasteiger partial charge on any atom is -0.378 e. The second-order valence-corrected chi connectivity index (χ2v) is 12.9. The first kappa shape index (κ1) is 23.7. The van der Waals surface area contributed by atoms with Crippen molar-refractivity contribution in [3.8, 4) is 0 Å². The third-order valence-electron chi connectivity index (χ3n) is 8.81. The summed E-state index contributed by atoms with van der Waals surface area (Å²) < 4.78 is 0. The summed E-state index contributed by atoms with van der Waals surface area (Å²) in [4.78, 5) is 57.8. The molecule has 11 heteroatoms. The van der Waals surface area contributed by atoms with Crippen LogP contribution in [0.25, 0.3) is 0 Å². The number of hydrogen-bond donors (Lipinski definition) is 1. The lowest BCUT2D eigenvalue weighted by molar-refractivity contribution is -0.384. The number of amides is 2. The lowest BCUT2D eigenvalue weighted by Gasteiger charge is -2.43. The average Bonchev–Trinajstić information content (AvgIpc) is 3.63. The molecule has 1 aromatic heterocycles. The maximum atomic E-state index is 13.8. The van der Waals surface area contributed by atoms with Crippen molar-refractivity contribution in [2.75, 3.05) is 23.9 Å². The lowest BCUT2D eigenvalue weighted by Crippen LogP contribution is -2.42. The summed E-state index contributed by atoms with van der Waals surface area (Å²) in [5.41, 5.74) is 2.50. The number of nitrogens with one attached hydrogen (secondary N) is 1. The standard InChI is InChI=1S/C27H24N4O5S2/c1-29(2)13-5-3-12(4-6-13)18-19-16-11-17(22(19)37-24-23(18)38-27(34)28-24)21-20(16)25(32)30(26(21)33)14-7-9-15(10-8-14)31(35)36/h3-10,16-22H,11H2,1-2H3,(H,28,34)/t16-,17+,18-,19+,20-,21-,22-/m1/s1. The zero-order valence-corrected chi connectivity index (χ0v) is 22.2. The number of benzene rings is 2. The van der Waals surface area contributed by atoms with Crippen LogP contribution >= 0.6 is 23.1 Å². The minimum atomic E-state index is -0.498. The first-order valence-corrected chi connectivity index (χ1v) is 14.2. The monoisotopic (exact) mass is 548 g/mol. The molecular formula is C27H24N4O5S2. The van der Waals surface area contributed by atoms with E-state index in [0.29, 0.717) is 5.69 Å². The van der Waals surface area contributed by atoms with Crippen LogP contribution in [0.5, 0.6) is 0 Å². The third kappa shape index (κ3) is 3.21. The predicted octanol–water partition coefficient (Wildman–Crippen LogP) is 4.09. The van der Waals surface area contributed by atoms with Crippen LogP contribution in [0.15, 0.2) is 58.4 Å². The van der Waals surface area contributed by atoms with Gasteiger partial charge >= 0.3 is 4.87 Å². The van der Waals surface area contributed by atoms with Gasteiger partial charge in [-0.05, 0) is 54.0 Å². The summed E-state index contributed by atoms with van der Waals surface area (Å²) in [5, 5.41) is 12.1. The number of fused-ring (bicyclic) bond motifs is 9. The molecule has 4 aliphatic rings. The van der Waals surface area contributed by atoms with Gasteiger partial charge in [0.25, 0.3) is 5.69 Å². The number of hydrogen-bond acceptors (Lipinski definition) is 8. The highest BCUT2D eigenvalue weighted by Gasteiger charge is 2.69. The zero-order valence-electron chi connectivity index (χ0n) is 20.6. The Bertz CT molecular complexity index is 1550. The van der Waals surface area contributed by atoms with Crippen LogP contribution < -0.4 is 14.7 Å². The highest BCUT2D eigenvalue weighted by atomic mass is 32.2. The van der Waals surface area contributed by atoms with Gasteiger partial charge in [0.15, 0.2) is 0 Å². The second kappa shape index (κ2) is 8.28. The number of non-ortho nitro benzene ring substituents is 1. The molecule has 2 aliphatic carbocycles. The summed E-state index contributed by atoms with van der Waals surface area (Å²) in [6, 6.07) is 14.0. The number of nitrogens with zero attached hydrogens (tertiary/aromatic N) is 3. The van der Waals surface area contributed by atoms with Crippen molar-refractivity contribution in [1.29, 1.82) is 0 Å². The van der Waals surface area contributed by atoms with Gasteiger partial charge in [-0.2, -0.15) is 0 Å². The van der Waals surface area contributed by atoms with E-state index in [1.54, 1.807) is 11.8 Å². The fourth-order valence-corrected chi connectivity index (χ4v) is 10.2. The number of aromatic nitrogens is 1. The molecule has 3 fully saturated rings. The molecule has 194 valence electrons. The van der Waals surface area contributed by atoms with Gasteiger partial charge in [0.1, 0.15) is 0 Å². The van der Waals surface area contributed by atoms with Gasteiger partial charge in [0, 0.05) is 48.0 Å². The number of H-pyrrole nitrogens is 1. The topological polar surface area (TPSA) is 117 Å². The number of carbonyl (C=O) groups is 2. The number of rotatable bonds is 4. The smallest absolute Gasteiger partial charge is 0.305 e. The number of imide groups is 1. The Balaban J connectivity index is 1.28. The molecule has 7 rings (SSSR count). The van der Waals surface area contributed by atoms with E-state index in [0.717, 1.165) is 27.6 Å². The van der Waals surface area contributed by atoms with E-state index >= 15 is 0 Å². The Kier molecular flexibility index (Phi) is 5.15. The van der Waals surface area contributed by atoms with Gasteiger partial charge in [-0.25, -0.2) is 0 Å². The lowest BCUT2D eigenvalue weighted by atomic mass is 9.68. The van der Waals surface area contributed by atoms with Crippen molar-refractivity contribution in [2.24, 2.45) is 29.6 Å². The molecule has 0 spiro atoms. The molecule has 2 bridgehead atoms. The van der Waals surface area contributed by atoms with E-state index in [9.17, 15) is 24.5 Å². The SMILES string of the molecule is CN(C)c1ccc([C@H]2c3sc(=O)[nH]c3S[C@@H]3[C@H]4C[C@@H]([C@H]5C(=O)N(c6ccc([N+](=O)[O-])cc6)C(=O)[C@H]45)[C@@H]23)cc1. The highest BCUT2D eigenvalue weighted by Crippen LogP contribution is 2.68. The molecule has 1 N–H and O–H groups in total. The van der Waals surface area contributed by atoms with E-state index in [1.165, 1.54) is 40.5 Å². The summed E-state index contributed by atoms with van der Waals surface area (Å²) >= 11 is 2.91. The molecule has 2 aromatic carbocycles. The van der Waals surface area contributed by atoms with Crippen molar-refractivity contribution in [3.63, 3.8) is 0 Å². The van der Waals surface area contributed by atoms with Gasteiger partial charge in [-0.1, -0.05) is 23.5 Å². The van der Waals surface area contributed by atoms with Crippen molar-refractivity contribution in [1.82, 2.24) is 4.98 Å². The molecule has 9 nitrogen and oxygen atoms in total. The molecule has 7 atom stereocenters. The molecule has 3 heterocycles. The van der Waals surface area contributed by atoms with Crippen molar-refractivity contribution in [3.05, 3.63) is 78.8 Å². The maximum Gasteiger partial charge on any atom is 0.305 e. The van der Waals surface area contributed by atoms with Gasteiger partial charge in [-0.3, -0.25) is 29.4 Å². The number of nitro groups is 1. The van der Waals surface area contributed by atoms with E-state index in [2.05, 4.69) is 29.2 Å². The normalized spacial score (nSPS) is 30.8. The van der Waals surface area contributed by atoms with Crippen LogP contribution in [0.2, 0.25) is 0 Å². The van der Waals surface area contributed by atoms with E-state index in [1.807, 2.05) is 19.0 Å². The number of nitro benzene ring substituents is 1. The largest absolute Gasteiger partial charge is 0.378 e. The van der Waals surface area contributed by atoms with E-state index in [-0.39, 0.29) is 51.3 Å². The molecular weight excluding hydrogens is 524 g/mol. The molecule has 2 saturated carbocycles. The van der Waals surface area contributed by atoms with Crippen LogP contribution in [-0.2, 0) is 9.59 Å².